The number of methoxy groups -OCH3 is 1. The minimum Gasteiger partial charge on any atom is -0.494 e. The lowest BCUT2D eigenvalue weighted by Gasteiger charge is -2.15. The van der Waals surface area contributed by atoms with E-state index in [0.29, 0.717) is 18.3 Å². The maximum Gasteiger partial charge on any atom is 0.204 e. The van der Waals surface area contributed by atoms with Crippen molar-refractivity contribution in [1.29, 1.82) is 0 Å². The predicted octanol–water partition coefficient (Wildman–Crippen LogP) is 2.11. The summed E-state index contributed by atoms with van der Waals surface area (Å²) in [6, 6.07) is 8.12. The predicted molar refractivity (Wildman–Crippen MR) is 85.7 cm³/mol. The van der Waals surface area contributed by atoms with Crippen LogP contribution in [0, 0.1) is 13.8 Å². The molecule has 1 aliphatic rings. The molecule has 1 fully saturated rings. The molecule has 22 heavy (non-hydrogen) atoms. The Labute approximate surface area is 129 Å². The second-order valence-corrected chi connectivity index (χ2v) is 5.84. The zero-order valence-electron chi connectivity index (χ0n) is 13.2. The normalized spacial score (nSPS) is 14.1. The number of hydrogen-bond donors (Lipinski definition) is 1. The molecule has 0 aliphatic heterocycles. The standard InChI is InChI=1S/C17H21N3O2/c1-11-4-7-17(22-3)15(8-11)20-12(2)9-16(21)14(19-20)10-18-13-5-6-13/h4,7-9,13,18H,5-6,10H2,1-3H3. The Balaban J connectivity index is 2.03. The van der Waals surface area contributed by atoms with Crippen molar-refractivity contribution in [3.8, 4) is 11.4 Å². The zero-order chi connectivity index (χ0) is 15.7. The van der Waals surface area contributed by atoms with Gasteiger partial charge in [0.05, 0.1) is 7.11 Å². The zero-order valence-corrected chi connectivity index (χ0v) is 13.2. The van der Waals surface area contributed by atoms with Gasteiger partial charge in [0.2, 0.25) is 5.43 Å². The molecule has 1 heterocycles. The van der Waals surface area contributed by atoms with Crippen LogP contribution < -0.4 is 15.5 Å². The van der Waals surface area contributed by atoms with E-state index in [-0.39, 0.29) is 5.43 Å². The first-order valence-electron chi connectivity index (χ1n) is 7.56. The summed E-state index contributed by atoms with van der Waals surface area (Å²) >= 11 is 0. The molecule has 116 valence electrons. The van der Waals surface area contributed by atoms with Crippen LogP contribution in [0.4, 0.5) is 0 Å². The fourth-order valence-corrected chi connectivity index (χ4v) is 2.44. The van der Waals surface area contributed by atoms with E-state index in [2.05, 4.69) is 10.4 Å². The fraction of sp³-hybridized carbons (Fsp3) is 0.412. The lowest BCUT2D eigenvalue weighted by Crippen LogP contribution is -2.25. The van der Waals surface area contributed by atoms with Crippen molar-refractivity contribution in [2.45, 2.75) is 39.3 Å². The highest BCUT2D eigenvalue weighted by Crippen LogP contribution is 2.24. The van der Waals surface area contributed by atoms with Crippen molar-refractivity contribution in [3.05, 3.63) is 51.4 Å². The molecular weight excluding hydrogens is 278 g/mol. The van der Waals surface area contributed by atoms with E-state index < -0.39 is 0 Å². The quantitative estimate of drug-likeness (QED) is 0.918. The van der Waals surface area contributed by atoms with Gasteiger partial charge in [0.25, 0.3) is 0 Å². The second kappa shape index (κ2) is 5.93. The van der Waals surface area contributed by atoms with Gasteiger partial charge in [0.15, 0.2) is 0 Å². The van der Waals surface area contributed by atoms with Gasteiger partial charge in [0.1, 0.15) is 17.1 Å². The van der Waals surface area contributed by atoms with Crippen LogP contribution in [0.5, 0.6) is 5.75 Å². The molecule has 0 atom stereocenters. The molecular formula is C17H21N3O2. The van der Waals surface area contributed by atoms with Crippen molar-refractivity contribution in [1.82, 2.24) is 15.1 Å². The van der Waals surface area contributed by atoms with Crippen LogP contribution >= 0.6 is 0 Å². The van der Waals surface area contributed by atoms with Crippen LogP contribution in [0.3, 0.4) is 0 Å². The lowest BCUT2D eigenvalue weighted by atomic mass is 10.2. The van der Waals surface area contributed by atoms with E-state index in [1.165, 1.54) is 12.8 Å². The van der Waals surface area contributed by atoms with E-state index in [9.17, 15) is 4.79 Å². The molecule has 0 unspecified atom stereocenters. The molecule has 1 saturated carbocycles. The van der Waals surface area contributed by atoms with Crippen molar-refractivity contribution in [2.24, 2.45) is 0 Å². The summed E-state index contributed by atoms with van der Waals surface area (Å²) in [5.41, 5.74) is 3.29. The molecule has 1 aromatic heterocycles. The van der Waals surface area contributed by atoms with Crippen molar-refractivity contribution >= 4 is 0 Å². The number of aryl methyl sites for hydroxylation is 2. The summed E-state index contributed by atoms with van der Waals surface area (Å²) in [5, 5.41) is 7.90. The van der Waals surface area contributed by atoms with Gasteiger partial charge in [0, 0.05) is 24.3 Å². The molecule has 1 aliphatic carbocycles. The molecule has 5 heteroatoms. The summed E-state index contributed by atoms with van der Waals surface area (Å²) in [5.74, 6) is 0.742. The Kier molecular flexibility index (Phi) is 3.98. The van der Waals surface area contributed by atoms with Gasteiger partial charge in [-0.3, -0.25) is 4.79 Å². The SMILES string of the molecule is COc1ccc(C)cc1-n1nc(CNC2CC2)c(=O)cc1C. The van der Waals surface area contributed by atoms with Crippen LogP contribution in [0.15, 0.2) is 29.1 Å². The van der Waals surface area contributed by atoms with E-state index in [4.69, 9.17) is 4.74 Å². The number of ether oxygens (including phenoxy) is 1. The summed E-state index contributed by atoms with van der Waals surface area (Å²) < 4.78 is 7.22. The van der Waals surface area contributed by atoms with Crippen molar-refractivity contribution in [3.63, 3.8) is 0 Å². The molecule has 0 bridgehead atoms. The van der Waals surface area contributed by atoms with Crippen LogP contribution in [-0.2, 0) is 6.54 Å². The Morgan fingerprint density at radius 2 is 2.09 bits per heavy atom. The van der Waals surface area contributed by atoms with Crippen LogP contribution in [0.25, 0.3) is 5.69 Å². The number of aromatic nitrogens is 2. The summed E-state index contributed by atoms with van der Waals surface area (Å²) in [6.45, 7) is 4.42. The van der Waals surface area contributed by atoms with Crippen LogP contribution in [0.2, 0.25) is 0 Å². The van der Waals surface area contributed by atoms with E-state index >= 15 is 0 Å². The third-order valence-corrected chi connectivity index (χ3v) is 3.88. The number of hydrogen-bond acceptors (Lipinski definition) is 4. The van der Waals surface area contributed by atoms with Gasteiger partial charge in [-0.05, 0) is 44.4 Å². The summed E-state index contributed by atoms with van der Waals surface area (Å²) in [7, 11) is 1.64. The average Bonchev–Trinajstić information content (AvgIpc) is 3.30. The lowest BCUT2D eigenvalue weighted by molar-refractivity contribution is 0.410. The molecule has 0 radical (unpaired) electrons. The summed E-state index contributed by atoms with van der Waals surface area (Å²) in [4.78, 5) is 12.1. The van der Waals surface area contributed by atoms with Gasteiger partial charge in [-0.1, -0.05) is 6.07 Å². The topological polar surface area (TPSA) is 56.1 Å². The van der Waals surface area contributed by atoms with Crippen LogP contribution in [0.1, 0.15) is 29.8 Å². The molecule has 0 amide bonds. The molecule has 2 aromatic rings. The maximum absolute atomic E-state index is 12.1. The highest BCUT2D eigenvalue weighted by Gasteiger charge is 2.21. The highest BCUT2D eigenvalue weighted by molar-refractivity contribution is 5.49. The van der Waals surface area contributed by atoms with Gasteiger partial charge in [-0.25, -0.2) is 4.68 Å². The Morgan fingerprint density at radius 3 is 2.77 bits per heavy atom. The van der Waals surface area contributed by atoms with Crippen molar-refractivity contribution < 1.29 is 4.74 Å². The highest BCUT2D eigenvalue weighted by atomic mass is 16.5. The molecule has 1 aromatic carbocycles. The first-order chi connectivity index (χ1) is 10.6. The smallest absolute Gasteiger partial charge is 0.204 e. The third-order valence-electron chi connectivity index (χ3n) is 3.88. The van der Waals surface area contributed by atoms with Crippen molar-refractivity contribution in [2.75, 3.05) is 7.11 Å². The third kappa shape index (κ3) is 3.04. The molecule has 0 spiro atoms. The van der Waals surface area contributed by atoms with E-state index in [1.807, 2.05) is 32.0 Å². The molecule has 1 N–H and O–H groups in total. The Hall–Kier alpha value is -2.14. The molecule has 0 saturated heterocycles. The largest absolute Gasteiger partial charge is 0.494 e. The monoisotopic (exact) mass is 299 g/mol. The Bertz CT molecular complexity index is 748. The summed E-state index contributed by atoms with van der Waals surface area (Å²) in [6.07, 6.45) is 2.37. The molecule has 5 nitrogen and oxygen atoms in total. The maximum atomic E-state index is 12.1. The van der Waals surface area contributed by atoms with Gasteiger partial charge >= 0.3 is 0 Å². The van der Waals surface area contributed by atoms with E-state index in [1.54, 1.807) is 17.9 Å². The van der Waals surface area contributed by atoms with Crippen LogP contribution in [-0.4, -0.2) is 22.9 Å². The number of nitrogens with zero attached hydrogens (tertiary/aromatic N) is 2. The second-order valence-electron chi connectivity index (χ2n) is 5.84. The average molecular weight is 299 g/mol. The fourth-order valence-electron chi connectivity index (χ4n) is 2.44. The number of nitrogens with one attached hydrogen (secondary N) is 1. The Morgan fingerprint density at radius 1 is 1.32 bits per heavy atom. The van der Waals surface area contributed by atoms with Gasteiger partial charge in [-0.15, -0.1) is 0 Å². The minimum atomic E-state index is -0.0199. The van der Waals surface area contributed by atoms with Gasteiger partial charge in [-0.2, -0.15) is 5.10 Å². The first kappa shape index (κ1) is 14.8. The number of rotatable bonds is 5. The number of benzene rings is 1. The molecule has 3 rings (SSSR count). The van der Waals surface area contributed by atoms with E-state index in [0.717, 1.165) is 22.7 Å². The van der Waals surface area contributed by atoms with Gasteiger partial charge < -0.3 is 10.1 Å². The first-order valence-corrected chi connectivity index (χ1v) is 7.56. The minimum absolute atomic E-state index is 0.0199.